The molecule has 1 saturated heterocycles. The van der Waals surface area contributed by atoms with Crippen molar-refractivity contribution in [3.8, 4) is 0 Å². The summed E-state index contributed by atoms with van der Waals surface area (Å²) in [4.78, 5) is 29.0. The molecule has 1 fully saturated rings. The number of aliphatic imine (C=N–C) groups is 1. The first kappa shape index (κ1) is 19.1. The number of nitrogens with zero attached hydrogens (tertiary/aromatic N) is 2. The van der Waals surface area contributed by atoms with Gasteiger partial charge < -0.3 is 4.74 Å². The van der Waals surface area contributed by atoms with Gasteiger partial charge in [-0.05, 0) is 32.4 Å². The molecule has 0 spiro atoms. The third-order valence-corrected chi connectivity index (χ3v) is 6.20. The minimum Gasteiger partial charge on any atom is -0.462 e. The molecule has 8 nitrogen and oxygen atoms in total. The van der Waals surface area contributed by atoms with Crippen molar-refractivity contribution in [1.29, 1.82) is 0 Å². The van der Waals surface area contributed by atoms with Crippen molar-refractivity contribution in [2.45, 2.75) is 26.3 Å². The van der Waals surface area contributed by atoms with Crippen LogP contribution in [-0.4, -0.2) is 48.5 Å². The van der Waals surface area contributed by atoms with Crippen LogP contribution in [0.15, 0.2) is 34.1 Å². The minimum atomic E-state index is -3.10. The number of benzene rings is 1. The lowest BCUT2D eigenvalue weighted by molar-refractivity contribution is 0.0527. The number of aromatic nitrogens is 2. The third-order valence-electron chi connectivity index (χ3n) is 4.45. The molecular weight excluding hydrogens is 370 g/mol. The van der Waals surface area contributed by atoms with Crippen LogP contribution in [0.4, 0.5) is 5.69 Å². The topological polar surface area (TPSA) is 111 Å². The molecule has 0 bridgehead atoms. The van der Waals surface area contributed by atoms with Gasteiger partial charge in [-0.1, -0.05) is 12.1 Å². The number of aromatic amines is 1. The first-order valence-electron chi connectivity index (χ1n) is 8.64. The number of ether oxygens (including phenoxy) is 1. The Morgan fingerprint density at radius 1 is 1.41 bits per heavy atom. The molecule has 1 aliphatic heterocycles. The van der Waals surface area contributed by atoms with Gasteiger partial charge in [0.15, 0.2) is 9.84 Å². The fourth-order valence-corrected chi connectivity index (χ4v) is 4.77. The Morgan fingerprint density at radius 2 is 2.15 bits per heavy atom. The third kappa shape index (κ3) is 4.02. The monoisotopic (exact) mass is 391 g/mol. The van der Waals surface area contributed by atoms with Gasteiger partial charge in [-0.2, -0.15) is 0 Å². The van der Waals surface area contributed by atoms with Crippen LogP contribution in [0.2, 0.25) is 0 Å². The summed E-state index contributed by atoms with van der Waals surface area (Å²) in [6, 6.07) is 6.32. The molecule has 27 heavy (non-hydrogen) atoms. The summed E-state index contributed by atoms with van der Waals surface area (Å²) in [6.07, 6.45) is 1.80. The molecule has 0 aliphatic carbocycles. The number of H-pyrrole nitrogens is 1. The van der Waals surface area contributed by atoms with E-state index in [0.29, 0.717) is 28.9 Å². The largest absolute Gasteiger partial charge is 0.462 e. The SMILES string of the molecule is CCOC(=O)c1ccccc1N=Cc1c(C)[nH]n([C@H]2CCS(=O)(=O)C2)c1=O. The molecule has 1 atom stereocenters. The Morgan fingerprint density at radius 3 is 2.81 bits per heavy atom. The van der Waals surface area contributed by atoms with Crippen molar-refractivity contribution in [1.82, 2.24) is 9.78 Å². The zero-order valence-electron chi connectivity index (χ0n) is 15.1. The number of hydrogen-bond donors (Lipinski definition) is 1. The number of esters is 1. The first-order chi connectivity index (χ1) is 12.8. The number of carbonyl (C=O) groups excluding carboxylic acids is 1. The number of aryl methyl sites for hydroxylation is 1. The Labute approximate surface area is 156 Å². The van der Waals surface area contributed by atoms with Crippen LogP contribution in [0, 0.1) is 6.92 Å². The second-order valence-electron chi connectivity index (χ2n) is 6.38. The van der Waals surface area contributed by atoms with Crippen molar-refractivity contribution in [3.63, 3.8) is 0 Å². The van der Waals surface area contributed by atoms with E-state index in [-0.39, 0.29) is 23.7 Å². The smallest absolute Gasteiger partial charge is 0.340 e. The molecule has 0 radical (unpaired) electrons. The molecule has 0 unspecified atom stereocenters. The lowest BCUT2D eigenvalue weighted by atomic mass is 10.2. The molecule has 2 heterocycles. The van der Waals surface area contributed by atoms with Crippen LogP contribution in [-0.2, 0) is 14.6 Å². The van der Waals surface area contributed by atoms with E-state index in [2.05, 4.69) is 10.1 Å². The standard InChI is InChI=1S/C18H21N3O5S/c1-3-26-18(23)14-6-4-5-7-16(14)19-10-15-12(2)20-21(17(15)22)13-8-9-27(24,25)11-13/h4-7,10,13,20H,3,8-9,11H2,1-2H3/t13-/m0/s1. The Balaban J connectivity index is 1.92. The Kier molecular flexibility index (Phi) is 5.31. The average molecular weight is 391 g/mol. The van der Waals surface area contributed by atoms with Gasteiger partial charge in [0, 0.05) is 11.9 Å². The lowest BCUT2D eigenvalue weighted by Crippen LogP contribution is -2.25. The minimum absolute atomic E-state index is 0.0465. The number of para-hydroxylation sites is 1. The zero-order chi connectivity index (χ0) is 19.6. The molecule has 3 rings (SSSR count). The summed E-state index contributed by atoms with van der Waals surface area (Å²) < 4.78 is 29.7. The number of nitrogens with one attached hydrogen (secondary N) is 1. The fourth-order valence-electron chi connectivity index (χ4n) is 3.07. The molecular formula is C18H21N3O5S. The molecule has 1 N–H and O–H groups in total. The van der Waals surface area contributed by atoms with Crippen molar-refractivity contribution >= 4 is 27.7 Å². The lowest BCUT2D eigenvalue weighted by Gasteiger charge is -2.07. The summed E-state index contributed by atoms with van der Waals surface area (Å²) in [5, 5.41) is 2.94. The maximum atomic E-state index is 12.7. The van der Waals surface area contributed by atoms with Crippen LogP contribution in [0.25, 0.3) is 0 Å². The predicted octanol–water partition coefficient (Wildman–Crippen LogP) is 1.77. The number of rotatable bonds is 5. The normalized spacial score (nSPS) is 18.8. The molecule has 0 amide bonds. The van der Waals surface area contributed by atoms with E-state index in [9.17, 15) is 18.0 Å². The van der Waals surface area contributed by atoms with Crippen LogP contribution in [0.5, 0.6) is 0 Å². The number of sulfone groups is 1. The predicted molar refractivity (Wildman–Crippen MR) is 102 cm³/mol. The average Bonchev–Trinajstić information content (AvgIpc) is 3.12. The zero-order valence-corrected chi connectivity index (χ0v) is 16.0. The second kappa shape index (κ2) is 7.51. The van der Waals surface area contributed by atoms with Gasteiger partial charge in [0.25, 0.3) is 5.56 Å². The maximum absolute atomic E-state index is 12.7. The van der Waals surface area contributed by atoms with E-state index in [1.807, 2.05) is 0 Å². The molecule has 0 saturated carbocycles. The summed E-state index contributed by atoms with van der Waals surface area (Å²) in [6.45, 7) is 3.70. The fraction of sp³-hybridized carbons (Fsp3) is 0.389. The highest BCUT2D eigenvalue weighted by atomic mass is 32.2. The first-order valence-corrected chi connectivity index (χ1v) is 10.5. The van der Waals surface area contributed by atoms with Crippen LogP contribution in [0.1, 0.15) is 41.0 Å². The van der Waals surface area contributed by atoms with Crippen LogP contribution < -0.4 is 5.56 Å². The van der Waals surface area contributed by atoms with Crippen molar-refractivity contribution in [2.75, 3.05) is 18.1 Å². The number of hydrogen-bond acceptors (Lipinski definition) is 6. The van der Waals surface area contributed by atoms with Crippen molar-refractivity contribution in [2.24, 2.45) is 4.99 Å². The van der Waals surface area contributed by atoms with Crippen molar-refractivity contribution < 1.29 is 17.9 Å². The molecule has 1 aromatic heterocycles. The van der Waals surface area contributed by atoms with Crippen LogP contribution in [0.3, 0.4) is 0 Å². The van der Waals surface area contributed by atoms with Gasteiger partial charge in [0.05, 0.1) is 41.0 Å². The highest BCUT2D eigenvalue weighted by Gasteiger charge is 2.31. The summed E-state index contributed by atoms with van der Waals surface area (Å²) in [5.74, 6) is -0.446. The van der Waals surface area contributed by atoms with E-state index in [1.165, 1.54) is 10.9 Å². The van der Waals surface area contributed by atoms with E-state index in [1.54, 1.807) is 38.1 Å². The van der Waals surface area contributed by atoms with Crippen molar-refractivity contribution in [3.05, 3.63) is 51.4 Å². The van der Waals surface area contributed by atoms with E-state index >= 15 is 0 Å². The maximum Gasteiger partial charge on any atom is 0.340 e. The van der Waals surface area contributed by atoms with Gasteiger partial charge in [0.1, 0.15) is 0 Å². The second-order valence-corrected chi connectivity index (χ2v) is 8.61. The van der Waals surface area contributed by atoms with Gasteiger partial charge in [-0.25, -0.2) is 17.9 Å². The van der Waals surface area contributed by atoms with Gasteiger partial charge >= 0.3 is 5.97 Å². The highest BCUT2D eigenvalue weighted by molar-refractivity contribution is 7.91. The van der Waals surface area contributed by atoms with Gasteiger partial charge in [-0.15, -0.1) is 0 Å². The van der Waals surface area contributed by atoms with Crippen LogP contribution >= 0.6 is 0 Å². The summed E-state index contributed by atoms with van der Waals surface area (Å²) in [7, 11) is -3.10. The number of carbonyl (C=O) groups is 1. The molecule has 144 valence electrons. The Bertz CT molecular complexity index is 1050. The highest BCUT2D eigenvalue weighted by Crippen LogP contribution is 2.23. The Hall–Kier alpha value is -2.68. The summed E-state index contributed by atoms with van der Waals surface area (Å²) in [5.41, 5.74) is 1.29. The van der Waals surface area contributed by atoms with E-state index in [4.69, 9.17) is 4.74 Å². The van der Waals surface area contributed by atoms with E-state index < -0.39 is 21.8 Å². The molecule has 2 aromatic rings. The molecule has 9 heteroatoms. The molecule has 1 aliphatic rings. The van der Waals surface area contributed by atoms with E-state index in [0.717, 1.165) is 0 Å². The van der Waals surface area contributed by atoms with Gasteiger partial charge in [-0.3, -0.25) is 14.9 Å². The van der Waals surface area contributed by atoms with Gasteiger partial charge in [0.2, 0.25) is 0 Å². The quantitative estimate of drug-likeness (QED) is 0.617. The summed E-state index contributed by atoms with van der Waals surface area (Å²) >= 11 is 0. The molecule has 1 aromatic carbocycles.